The van der Waals surface area contributed by atoms with Gasteiger partial charge in [0, 0.05) is 49.2 Å². The van der Waals surface area contributed by atoms with Gasteiger partial charge in [0.25, 0.3) is 0 Å². The zero-order valence-corrected chi connectivity index (χ0v) is 21.9. The van der Waals surface area contributed by atoms with Crippen LogP contribution in [-0.4, -0.2) is 67.8 Å². The fourth-order valence-corrected chi connectivity index (χ4v) is 7.60. The first kappa shape index (κ1) is 24.9. The number of Topliss-reactive ketones (excluding diaryl/α,β-unsaturated/α-hetero) is 1. The van der Waals surface area contributed by atoms with Gasteiger partial charge in [-0.1, -0.05) is 12.8 Å². The van der Waals surface area contributed by atoms with Crippen LogP contribution < -0.4 is 4.74 Å². The molecule has 8 heteroatoms. The molecule has 4 rings (SSSR count). The smallest absolute Gasteiger partial charge is 0.243 e. The molecule has 2 aromatic rings. The van der Waals surface area contributed by atoms with E-state index in [9.17, 15) is 13.2 Å². The third-order valence-electron chi connectivity index (χ3n) is 7.44. The monoisotopic (exact) mass is 487 g/mol. The minimum Gasteiger partial charge on any atom is -0.497 e. The van der Waals surface area contributed by atoms with Crippen molar-refractivity contribution in [3.63, 3.8) is 0 Å². The molecule has 1 aliphatic heterocycles. The van der Waals surface area contributed by atoms with Gasteiger partial charge >= 0.3 is 0 Å². The van der Waals surface area contributed by atoms with Crippen molar-refractivity contribution in [2.45, 2.75) is 64.3 Å². The number of sulfonamides is 1. The molecular formula is C26H37N3O4S. The molecule has 34 heavy (non-hydrogen) atoms. The van der Waals surface area contributed by atoms with Gasteiger partial charge < -0.3 is 9.30 Å². The lowest BCUT2D eigenvalue weighted by molar-refractivity contribution is 0.0901. The number of aryl methyl sites for hydroxylation is 3. The second kappa shape index (κ2) is 9.84. The number of ketones is 1. The molecule has 0 atom stereocenters. The van der Waals surface area contributed by atoms with Gasteiger partial charge in [-0.25, -0.2) is 8.42 Å². The van der Waals surface area contributed by atoms with Gasteiger partial charge in [0.1, 0.15) is 5.75 Å². The van der Waals surface area contributed by atoms with Crippen molar-refractivity contribution in [3.05, 3.63) is 46.3 Å². The molecule has 1 aromatic heterocycles. The Kier molecular flexibility index (Phi) is 7.22. The van der Waals surface area contributed by atoms with Gasteiger partial charge in [-0.2, -0.15) is 4.31 Å². The van der Waals surface area contributed by atoms with Gasteiger partial charge in [0.05, 0.1) is 18.6 Å². The van der Waals surface area contributed by atoms with Crippen molar-refractivity contribution >= 4 is 15.8 Å². The molecular weight excluding hydrogens is 450 g/mol. The van der Waals surface area contributed by atoms with Crippen molar-refractivity contribution in [2.75, 3.05) is 39.8 Å². The number of nitrogens with zero attached hydrogens (tertiary/aromatic N) is 3. The maximum atomic E-state index is 13.4. The van der Waals surface area contributed by atoms with Crippen molar-refractivity contribution in [1.29, 1.82) is 0 Å². The second-order valence-electron chi connectivity index (χ2n) is 9.79. The van der Waals surface area contributed by atoms with E-state index in [2.05, 4.69) is 23.3 Å². The molecule has 1 aromatic carbocycles. The van der Waals surface area contributed by atoms with Gasteiger partial charge in [0.15, 0.2) is 5.78 Å². The zero-order chi connectivity index (χ0) is 24.6. The van der Waals surface area contributed by atoms with Crippen LogP contribution >= 0.6 is 0 Å². The number of carbonyl (C=O) groups is 1. The summed E-state index contributed by atoms with van der Waals surface area (Å²) in [6, 6.07) is 6.07. The van der Waals surface area contributed by atoms with Gasteiger partial charge in [-0.15, -0.1) is 0 Å². The third kappa shape index (κ3) is 4.68. The number of carbonyl (C=O) groups excluding carboxylic acids is 1. The van der Waals surface area contributed by atoms with E-state index in [1.54, 1.807) is 37.4 Å². The summed E-state index contributed by atoms with van der Waals surface area (Å²) in [4.78, 5) is 15.6. The quantitative estimate of drug-likeness (QED) is 0.552. The van der Waals surface area contributed by atoms with Crippen LogP contribution in [0.2, 0.25) is 0 Å². The Balaban J connectivity index is 1.42. The summed E-state index contributed by atoms with van der Waals surface area (Å²) in [6.07, 6.45) is 4.89. The molecule has 186 valence electrons. The Morgan fingerprint density at radius 2 is 1.56 bits per heavy atom. The maximum Gasteiger partial charge on any atom is 0.243 e. The summed E-state index contributed by atoms with van der Waals surface area (Å²) < 4.78 is 35.9. The van der Waals surface area contributed by atoms with E-state index in [1.165, 1.54) is 25.7 Å². The SMILES string of the molecule is COc1cc(C)c(S(=O)(=O)N2CCN(CC(=O)c3cc(C)n(C4CCCC4)c3C)CC2)c(C)c1. The van der Waals surface area contributed by atoms with Crippen LogP contribution in [0.25, 0.3) is 0 Å². The molecule has 2 fully saturated rings. The van der Waals surface area contributed by atoms with Crippen molar-refractivity contribution in [1.82, 2.24) is 13.8 Å². The largest absolute Gasteiger partial charge is 0.497 e. The first-order chi connectivity index (χ1) is 16.1. The number of aromatic nitrogens is 1. The van der Waals surface area contributed by atoms with Gasteiger partial charge in [0.2, 0.25) is 10.0 Å². The number of piperazine rings is 1. The van der Waals surface area contributed by atoms with E-state index in [-0.39, 0.29) is 5.78 Å². The van der Waals surface area contributed by atoms with Crippen molar-refractivity contribution < 1.29 is 17.9 Å². The fourth-order valence-electron chi connectivity index (χ4n) is 5.76. The number of rotatable bonds is 7. The molecule has 0 unspecified atom stereocenters. The Labute approximate surface area is 203 Å². The predicted octanol–water partition coefficient (Wildman–Crippen LogP) is 4.03. The summed E-state index contributed by atoms with van der Waals surface area (Å²) in [6.45, 7) is 9.92. The van der Waals surface area contributed by atoms with E-state index in [4.69, 9.17) is 4.74 Å². The zero-order valence-electron chi connectivity index (χ0n) is 21.1. The molecule has 0 N–H and O–H groups in total. The number of hydrogen-bond acceptors (Lipinski definition) is 5. The third-order valence-corrected chi connectivity index (χ3v) is 9.65. The van der Waals surface area contributed by atoms with Crippen LogP contribution in [-0.2, 0) is 10.0 Å². The van der Waals surface area contributed by atoms with E-state index in [0.717, 1.165) is 17.0 Å². The number of methoxy groups -OCH3 is 1. The predicted molar refractivity (Wildman–Crippen MR) is 133 cm³/mol. The molecule has 1 saturated heterocycles. The van der Waals surface area contributed by atoms with Crippen LogP contribution in [0.4, 0.5) is 0 Å². The molecule has 0 spiro atoms. The topological polar surface area (TPSA) is 71.9 Å². The van der Waals surface area contributed by atoms with E-state index in [0.29, 0.717) is 60.5 Å². The number of hydrogen-bond donors (Lipinski definition) is 0. The standard InChI is InChI=1S/C26H37N3O4S/c1-18-14-23(33-5)15-19(2)26(18)34(31,32)28-12-10-27(11-13-28)17-25(30)24-16-20(3)29(21(24)4)22-8-6-7-9-22/h14-16,22H,6-13,17H2,1-5H3. The highest BCUT2D eigenvalue weighted by Gasteiger charge is 2.32. The Morgan fingerprint density at radius 1 is 0.971 bits per heavy atom. The van der Waals surface area contributed by atoms with Gasteiger partial charge in [-0.3, -0.25) is 9.69 Å². The Hall–Kier alpha value is -2.16. The highest BCUT2D eigenvalue weighted by Crippen LogP contribution is 2.34. The Bertz CT molecular complexity index is 1150. The van der Waals surface area contributed by atoms with Crippen molar-refractivity contribution in [2.24, 2.45) is 0 Å². The van der Waals surface area contributed by atoms with Crippen molar-refractivity contribution in [3.8, 4) is 5.75 Å². The lowest BCUT2D eigenvalue weighted by Gasteiger charge is -2.34. The summed E-state index contributed by atoms with van der Waals surface area (Å²) >= 11 is 0. The lowest BCUT2D eigenvalue weighted by Crippen LogP contribution is -2.50. The van der Waals surface area contributed by atoms with E-state index < -0.39 is 10.0 Å². The molecule has 2 aliphatic rings. The second-order valence-corrected chi connectivity index (χ2v) is 11.7. The highest BCUT2D eigenvalue weighted by molar-refractivity contribution is 7.89. The summed E-state index contributed by atoms with van der Waals surface area (Å²) in [7, 11) is -2.03. The molecule has 1 saturated carbocycles. The van der Waals surface area contributed by atoms with Crippen LogP contribution in [0.3, 0.4) is 0 Å². The first-order valence-electron chi connectivity index (χ1n) is 12.2. The normalized spacial score (nSPS) is 18.5. The maximum absolute atomic E-state index is 13.4. The molecule has 0 amide bonds. The average molecular weight is 488 g/mol. The van der Waals surface area contributed by atoms with E-state index in [1.807, 2.05) is 6.07 Å². The fraction of sp³-hybridized carbons (Fsp3) is 0.577. The van der Waals surface area contributed by atoms with Crippen LogP contribution in [0.5, 0.6) is 5.75 Å². The molecule has 1 aliphatic carbocycles. The average Bonchev–Trinajstić information content (AvgIpc) is 3.40. The molecule has 2 heterocycles. The Morgan fingerprint density at radius 3 is 2.12 bits per heavy atom. The van der Waals surface area contributed by atoms with E-state index >= 15 is 0 Å². The summed E-state index contributed by atoms with van der Waals surface area (Å²) in [5.41, 5.74) is 4.41. The summed E-state index contributed by atoms with van der Waals surface area (Å²) in [5, 5.41) is 0. The molecule has 7 nitrogen and oxygen atoms in total. The number of benzene rings is 1. The molecule has 0 bridgehead atoms. The summed E-state index contributed by atoms with van der Waals surface area (Å²) in [5.74, 6) is 0.778. The molecule has 0 radical (unpaired) electrons. The minimum atomic E-state index is -3.61. The lowest BCUT2D eigenvalue weighted by atomic mass is 10.1. The minimum absolute atomic E-state index is 0.121. The van der Waals surface area contributed by atoms with Crippen LogP contribution in [0.1, 0.15) is 64.6 Å². The van der Waals surface area contributed by atoms with Gasteiger partial charge in [-0.05, 0) is 69.9 Å². The van der Waals surface area contributed by atoms with Crippen LogP contribution in [0.15, 0.2) is 23.1 Å². The highest BCUT2D eigenvalue weighted by atomic mass is 32.2. The number of ether oxygens (including phenoxy) is 1. The van der Waals surface area contributed by atoms with Crippen LogP contribution in [0, 0.1) is 27.7 Å². The first-order valence-corrected chi connectivity index (χ1v) is 13.7.